The Morgan fingerprint density at radius 3 is 2.56 bits per heavy atom. The molecule has 0 unspecified atom stereocenters. The van der Waals surface area contributed by atoms with E-state index < -0.39 is 0 Å². The Labute approximate surface area is 152 Å². The van der Waals surface area contributed by atoms with Crippen molar-refractivity contribution in [3.05, 3.63) is 53.1 Å². The third-order valence-corrected chi connectivity index (χ3v) is 4.93. The van der Waals surface area contributed by atoms with E-state index in [1.54, 1.807) is 24.3 Å². The van der Waals surface area contributed by atoms with Crippen LogP contribution >= 0.6 is 11.6 Å². The highest BCUT2D eigenvalue weighted by atomic mass is 35.5. The molecule has 0 aliphatic carbocycles. The van der Waals surface area contributed by atoms with Crippen molar-refractivity contribution >= 4 is 34.7 Å². The first-order valence-corrected chi connectivity index (χ1v) is 8.88. The van der Waals surface area contributed by atoms with Gasteiger partial charge in [-0.2, -0.15) is 0 Å². The lowest BCUT2D eigenvalue weighted by molar-refractivity contribution is 0.122. The average Bonchev–Trinajstić information content (AvgIpc) is 3.07. The topological polar surface area (TPSA) is 44.8 Å². The quantitative estimate of drug-likeness (QED) is 0.889. The molecule has 5 nitrogen and oxygen atoms in total. The number of nitrogens with one attached hydrogen (secondary N) is 1. The molecule has 0 aromatic heterocycles. The summed E-state index contributed by atoms with van der Waals surface area (Å²) in [6.45, 7) is 3.96. The molecule has 0 atom stereocenters. The molecule has 0 spiro atoms. The Morgan fingerprint density at radius 1 is 1.04 bits per heavy atom. The van der Waals surface area contributed by atoms with Crippen LogP contribution in [0.25, 0.3) is 0 Å². The van der Waals surface area contributed by atoms with Crippen LogP contribution in [0.1, 0.15) is 5.56 Å². The van der Waals surface area contributed by atoms with Crippen LogP contribution in [0, 0.1) is 0 Å². The Bertz CT molecular complexity index is 773. The maximum absolute atomic E-state index is 12.7. The van der Waals surface area contributed by atoms with E-state index in [2.05, 4.69) is 28.4 Å². The summed E-state index contributed by atoms with van der Waals surface area (Å²) in [6, 6.07) is 13.4. The predicted molar refractivity (Wildman–Crippen MR) is 101 cm³/mol. The fraction of sp³-hybridized carbons (Fsp3) is 0.316. The molecular weight excluding hydrogens is 338 g/mol. The molecule has 2 aliphatic heterocycles. The van der Waals surface area contributed by atoms with Crippen molar-refractivity contribution in [1.82, 2.24) is 0 Å². The maximum atomic E-state index is 12.7. The van der Waals surface area contributed by atoms with Gasteiger partial charge in [-0.15, -0.1) is 0 Å². The molecule has 2 aliphatic rings. The molecule has 2 aromatic carbocycles. The molecule has 25 heavy (non-hydrogen) atoms. The number of hydrogen-bond acceptors (Lipinski definition) is 3. The third kappa shape index (κ3) is 3.43. The molecule has 0 saturated carbocycles. The SMILES string of the molecule is O=C(Nc1ccc(Cl)cc1)N1CCc2ccc(N3CCOCC3)cc21. The molecule has 1 fully saturated rings. The third-order valence-electron chi connectivity index (χ3n) is 4.68. The van der Waals surface area contributed by atoms with E-state index in [0.29, 0.717) is 11.6 Å². The van der Waals surface area contributed by atoms with E-state index in [-0.39, 0.29) is 6.03 Å². The van der Waals surface area contributed by atoms with Gasteiger partial charge in [-0.1, -0.05) is 17.7 Å². The molecular formula is C19H20ClN3O2. The summed E-state index contributed by atoms with van der Waals surface area (Å²) < 4.78 is 5.42. The van der Waals surface area contributed by atoms with Crippen LogP contribution in [0.2, 0.25) is 5.02 Å². The summed E-state index contributed by atoms with van der Waals surface area (Å²) in [4.78, 5) is 16.8. The molecule has 130 valence electrons. The van der Waals surface area contributed by atoms with Crippen LogP contribution in [-0.4, -0.2) is 38.9 Å². The van der Waals surface area contributed by atoms with Gasteiger partial charge in [0.2, 0.25) is 0 Å². The second-order valence-corrected chi connectivity index (χ2v) is 6.69. The van der Waals surface area contributed by atoms with E-state index >= 15 is 0 Å². The van der Waals surface area contributed by atoms with Crippen LogP contribution in [0.3, 0.4) is 0 Å². The summed E-state index contributed by atoms with van der Waals surface area (Å²) in [5.41, 5.74) is 4.10. The highest BCUT2D eigenvalue weighted by Gasteiger charge is 2.26. The molecule has 2 heterocycles. The summed E-state index contributed by atoms with van der Waals surface area (Å²) in [5.74, 6) is 0. The van der Waals surface area contributed by atoms with E-state index in [9.17, 15) is 4.79 Å². The number of benzene rings is 2. The van der Waals surface area contributed by atoms with Crippen molar-refractivity contribution in [3.63, 3.8) is 0 Å². The van der Waals surface area contributed by atoms with E-state index in [1.165, 1.54) is 5.56 Å². The fourth-order valence-corrected chi connectivity index (χ4v) is 3.45. The summed E-state index contributed by atoms with van der Waals surface area (Å²) >= 11 is 5.90. The Hall–Kier alpha value is -2.24. The number of anilines is 3. The number of rotatable bonds is 2. The minimum absolute atomic E-state index is 0.111. The summed E-state index contributed by atoms with van der Waals surface area (Å²) in [6.07, 6.45) is 0.882. The molecule has 0 bridgehead atoms. The number of amides is 2. The van der Waals surface area contributed by atoms with Crippen LogP contribution in [-0.2, 0) is 11.2 Å². The highest BCUT2D eigenvalue weighted by molar-refractivity contribution is 6.30. The second-order valence-electron chi connectivity index (χ2n) is 6.25. The van der Waals surface area contributed by atoms with Gasteiger partial charge >= 0.3 is 6.03 Å². The zero-order valence-corrected chi connectivity index (χ0v) is 14.6. The zero-order chi connectivity index (χ0) is 17.2. The van der Waals surface area contributed by atoms with Crippen LogP contribution in [0.4, 0.5) is 21.9 Å². The first kappa shape index (κ1) is 16.2. The number of urea groups is 1. The van der Waals surface area contributed by atoms with E-state index in [0.717, 1.165) is 49.8 Å². The number of morpholine rings is 1. The fourth-order valence-electron chi connectivity index (χ4n) is 3.32. The Balaban J connectivity index is 1.53. The standard InChI is InChI=1S/C19H20ClN3O2/c20-15-2-4-16(5-3-15)21-19(24)23-8-7-14-1-6-17(13-18(14)23)22-9-11-25-12-10-22/h1-6,13H,7-12H2,(H,21,24). The van der Waals surface area contributed by atoms with Gasteiger partial charge < -0.3 is 15.0 Å². The van der Waals surface area contributed by atoms with Gasteiger partial charge in [-0.3, -0.25) is 4.90 Å². The van der Waals surface area contributed by atoms with Gasteiger partial charge in [0.1, 0.15) is 0 Å². The number of hydrogen-bond donors (Lipinski definition) is 1. The first-order valence-electron chi connectivity index (χ1n) is 8.50. The number of ether oxygens (including phenoxy) is 1. The molecule has 4 rings (SSSR count). The van der Waals surface area contributed by atoms with Crippen molar-refractivity contribution in [2.45, 2.75) is 6.42 Å². The van der Waals surface area contributed by atoms with Gasteiger partial charge in [0.15, 0.2) is 0 Å². The lowest BCUT2D eigenvalue weighted by atomic mass is 10.1. The number of nitrogens with zero attached hydrogens (tertiary/aromatic N) is 2. The molecule has 2 amide bonds. The summed E-state index contributed by atoms with van der Waals surface area (Å²) in [7, 11) is 0. The van der Waals surface area contributed by atoms with Crippen molar-refractivity contribution in [3.8, 4) is 0 Å². The lowest BCUT2D eigenvalue weighted by Crippen LogP contribution is -2.36. The molecule has 6 heteroatoms. The number of halogens is 1. The van der Waals surface area contributed by atoms with Crippen molar-refractivity contribution in [2.75, 3.05) is 48.0 Å². The van der Waals surface area contributed by atoms with Gasteiger partial charge in [0, 0.05) is 36.0 Å². The van der Waals surface area contributed by atoms with Crippen molar-refractivity contribution in [1.29, 1.82) is 0 Å². The number of carbonyl (C=O) groups excluding carboxylic acids is 1. The Morgan fingerprint density at radius 2 is 1.80 bits per heavy atom. The van der Waals surface area contributed by atoms with Gasteiger partial charge in [-0.05, 0) is 48.4 Å². The molecule has 1 saturated heterocycles. The normalized spacial score (nSPS) is 16.7. The second kappa shape index (κ2) is 6.94. The maximum Gasteiger partial charge on any atom is 0.326 e. The summed E-state index contributed by atoms with van der Waals surface area (Å²) in [5, 5.41) is 3.60. The van der Waals surface area contributed by atoms with Gasteiger partial charge in [0.05, 0.1) is 18.9 Å². The van der Waals surface area contributed by atoms with Crippen molar-refractivity contribution < 1.29 is 9.53 Å². The molecule has 0 radical (unpaired) electrons. The molecule has 1 N–H and O–H groups in total. The first-order chi connectivity index (χ1) is 12.2. The van der Waals surface area contributed by atoms with Crippen LogP contribution in [0.5, 0.6) is 0 Å². The van der Waals surface area contributed by atoms with Crippen molar-refractivity contribution in [2.24, 2.45) is 0 Å². The minimum Gasteiger partial charge on any atom is -0.378 e. The van der Waals surface area contributed by atoms with Crippen LogP contribution in [0.15, 0.2) is 42.5 Å². The minimum atomic E-state index is -0.111. The molecule has 2 aromatic rings. The smallest absolute Gasteiger partial charge is 0.326 e. The largest absolute Gasteiger partial charge is 0.378 e. The van der Waals surface area contributed by atoms with Gasteiger partial charge in [0.25, 0.3) is 0 Å². The number of fused-ring (bicyclic) bond motifs is 1. The lowest BCUT2D eigenvalue weighted by Gasteiger charge is -2.29. The number of carbonyl (C=O) groups is 1. The zero-order valence-electron chi connectivity index (χ0n) is 13.9. The Kier molecular flexibility index (Phi) is 4.51. The highest BCUT2D eigenvalue weighted by Crippen LogP contribution is 2.33. The monoisotopic (exact) mass is 357 g/mol. The van der Waals surface area contributed by atoms with E-state index in [1.807, 2.05) is 4.90 Å². The van der Waals surface area contributed by atoms with E-state index in [4.69, 9.17) is 16.3 Å². The van der Waals surface area contributed by atoms with Crippen LogP contribution < -0.4 is 15.1 Å². The average molecular weight is 358 g/mol. The predicted octanol–water partition coefficient (Wildman–Crippen LogP) is 3.77. The van der Waals surface area contributed by atoms with Gasteiger partial charge in [-0.25, -0.2) is 4.79 Å².